The molecular formula is C56H80F2N2O14P+. The van der Waals surface area contributed by atoms with Gasteiger partial charge in [-0.05, 0) is 139 Å². The van der Waals surface area contributed by atoms with Crippen LogP contribution in [-0.4, -0.2) is 137 Å². The van der Waals surface area contributed by atoms with Crippen molar-refractivity contribution in [2.24, 2.45) is 22.7 Å². The van der Waals surface area contributed by atoms with Crippen molar-refractivity contribution in [2.75, 3.05) is 59.2 Å². The van der Waals surface area contributed by atoms with Gasteiger partial charge in [0, 0.05) is 42.1 Å². The maximum absolute atomic E-state index is 17.9. The van der Waals surface area contributed by atoms with Gasteiger partial charge < -0.3 is 48.2 Å². The molecule has 3 saturated carbocycles. The zero-order valence-corrected chi connectivity index (χ0v) is 45.4. The summed E-state index contributed by atoms with van der Waals surface area (Å²) in [5, 5.41) is 26.4. The Kier molecular flexibility index (Phi) is 18.8. The molecule has 1 aliphatic heterocycles. The number of likely N-dealkylation sites (N-methyl/N-ethyl adjacent to an activating group) is 1. The van der Waals surface area contributed by atoms with Crippen LogP contribution in [0, 0.1) is 22.7 Å². The van der Waals surface area contributed by atoms with Crippen LogP contribution in [0.2, 0.25) is 0 Å². The second-order valence-corrected chi connectivity index (χ2v) is 23.4. The van der Waals surface area contributed by atoms with Gasteiger partial charge in [0.2, 0.25) is 5.78 Å². The minimum Gasteiger partial charge on any atom is -0.428 e. The lowest BCUT2D eigenvalue weighted by molar-refractivity contribution is -0.937. The summed E-state index contributed by atoms with van der Waals surface area (Å²) in [5.41, 5.74) is -4.85. The standard InChI is InChI=1S/C56H79F2N2O14P/c1-7-60(8-2,36-40-30-39(21-22-47(40)73-75(66,67)68)46(62)35-59-25-15-9-10-16-27-69-28-17-14-20-38-18-12-11-13-19-38)26-29-70-51(65)71-37-49(64)56-50(72-52(3,4)74-56)33-42-43-32-45(57)44-31-41(61)23-24-53(44,5)55(43,58)48(63)34-54(42,56)6/h11-13,18-19,21-24,30-31,42-43,45-46,48,50,59,62-63H,7-10,14-17,20,25-29,32-37H2,1-6H3,(H-,66,67,68)/p+1/t42-,43-,45-,46?,48-,50+,53-,54-,55-,56+/m0/s1. The molecule has 2 aromatic rings. The monoisotopic (exact) mass is 1070 g/mol. The van der Waals surface area contributed by atoms with Gasteiger partial charge in [0.25, 0.3) is 0 Å². The number of phosphoric acid groups is 1. The van der Waals surface area contributed by atoms with Crippen LogP contribution in [0.15, 0.2) is 72.3 Å². The number of halogens is 2. The van der Waals surface area contributed by atoms with Gasteiger partial charge in [0.1, 0.15) is 31.6 Å². The fourth-order valence-corrected chi connectivity index (χ4v) is 13.6. The maximum Gasteiger partial charge on any atom is 0.524 e. The van der Waals surface area contributed by atoms with E-state index in [4.69, 9.17) is 28.2 Å². The van der Waals surface area contributed by atoms with Crippen molar-refractivity contribution in [1.82, 2.24) is 5.32 Å². The van der Waals surface area contributed by atoms with Gasteiger partial charge in [-0.25, -0.2) is 18.1 Å². The third-order valence-corrected chi connectivity index (χ3v) is 17.7. The van der Waals surface area contributed by atoms with Gasteiger partial charge in [-0.1, -0.05) is 62.2 Å². The average Bonchev–Trinajstić information content (AvgIpc) is 3.78. The van der Waals surface area contributed by atoms with Crippen molar-refractivity contribution < 1.29 is 80.4 Å². The Balaban J connectivity index is 0.909. The van der Waals surface area contributed by atoms with Crippen molar-refractivity contribution in [3.63, 3.8) is 0 Å². The topological polar surface area (TPSA) is 217 Å². The first-order valence-corrected chi connectivity index (χ1v) is 28.4. The highest BCUT2D eigenvalue weighted by atomic mass is 31.2. The highest BCUT2D eigenvalue weighted by Crippen LogP contribution is 2.72. The van der Waals surface area contributed by atoms with E-state index < -0.39 is 96.4 Å². The van der Waals surface area contributed by atoms with Crippen molar-refractivity contribution >= 4 is 25.5 Å². The highest BCUT2D eigenvalue weighted by molar-refractivity contribution is 7.46. The van der Waals surface area contributed by atoms with Gasteiger partial charge in [-0.3, -0.25) is 19.4 Å². The molecule has 0 bridgehead atoms. The van der Waals surface area contributed by atoms with Gasteiger partial charge >= 0.3 is 14.0 Å². The molecule has 416 valence electrons. The third-order valence-electron chi connectivity index (χ3n) is 17.3. The number of nitrogens with one attached hydrogen (secondary N) is 1. The quantitative estimate of drug-likeness (QED) is 0.0246. The SMILES string of the molecule is CC[N+](CC)(CCOC(=O)OCC(=O)[C@@]12OC(C)(C)O[C@@H]1C[C@H]1[C@@H]3C[C@H](F)C4=CC(=O)C=C[C@]4(C)[C@@]3(F)[C@@H](O)C[C@@]12C)Cc1cc(C(O)CNCCCCCCOCCCCc2ccccc2)ccc1OP(=O)(O)O. The molecule has 16 nitrogen and oxygen atoms in total. The number of allylic oxidation sites excluding steroid dienone is 4. The van der Waals surface area contributed by atoms with Gasteiger partial charge in [0.05, 0.1) is 31.4 Å². The summed E-state index contributed by atoms with van der Waals surface area (Å²) in [6.45, 7) is 13.2. The molecule has 5 aliphatic rings. The number of fused-ring (bicyclic) bond motifs is 7. The Morgan fingerprint density at radius 3 is 2.35 bits per heavy atom. The Morgan fingerprint density at radius 1 is 0.933 bits per heavy atom. The first-order chi connectivity index (χ1) is 35.5. The predicted octanol–water partition coefficient (Wildman–Crippen LogP) is 8.28. The number of ketones is 2. The molecule has 4 fully saturated rings. The molecule has 0 amide bonds. The summed E-state index contributed by atoms with van der Waals surface area (Å²) in [4.78, 5) is 59.8. The molecule has 2 aromatic carbocycles. The van der Waals surface area contributed by atoms with Crippen molar-refractivity contribution in [2.45, 2.75) is 154 Å². The van der Waals surface area contributed by atoms with Crippen LogP contribution < -0.4 is 9.84 Å². The number of quaternary nitrogens is 1. The molecule has 0 aromatic heterocycles. The first kappa shape index (κ1) is 58.7. The van der Waals surface area contributed by atoms with Crippen molar-refractivity contribution in [1.29, 1.82) is 0 Å². The molecule has 10 atom stereocenters. The zero-order chi connectivity index (χ0) is 54.5. The van der Waals surface area contributed by atoms with Gasteiger partial charge in [-0.15, -0.1) is 0 Å². The number of hydrogen-bond donors (Lipinski definition) is 5. The van der Waals surface area contributed by atoms with Crippen LogP contribution in [-0.2, 0) is 50.8 Å². The third kappa shape index (κ3) is 12.5. The van der Waals surface area contributed by atoms with Crippen LogP contribution in [0.4, 0.5) is 13.6 Å². The first-order valence-electron chi connectivity index (χ1n) is 26.9. The fraction of sp³-hybridized carbons (Fsp3) is 0.661. The Bertz CT molecular complexity index is 2430. The molecule has 5 N–H and O–H groups in total. The average molecular weight is 1070 g/mol. The normalized spacial score (nSPS) is 30.2. The summed E-state index contributed by atoms with van der Waals surface area (Å²) >= 11 is 0. The number of carbonyl (C=O) groups is 3. The van der Waals surface area contributed by atoms with Crippen LogP contribution in [0.1, 0.15) is 122 Å². The van der Waals surface area contributed by atoms with E-state index in [2.05, 4.69) is 29.6 Å². The smallest absolute Gasteiger partial charge is 0.428 e. The number of carbonyl (C=O) groups excluding carboxylic acids is 3. The number of nitrogens with zero attached hydrogens (tertiary/aromatic N) is 1. The van der Waals surface area contributed by atoms with Crippen LogP contribution in [0.3, 0.4) is 0 Å². The molecule has 0 radical (unpaired) electrons. The number of benzene rings is 2. The molecule has 4 aliphatic carbocycles. The van der Waals surface area contributed by atoms with Crippen LogP contribution >= 0.6 is 7.82 Å². The van der Waals surface area contributed by atoms with E-state index in [1.165, 1.54) is 30.7 Å². The number of unbranched alkanes of at least 4 members (excludes halogenated alkanes) is 4. The van der Waals surface area contributed by atoms with E-state index in [9.17, 15) is 38.9 Å². The zero-order valence-electron chi connectivity index (χ0n) is 44.5. The Hall–Kier alpha value is -3.94. The van der Waals surface area contributed by atoms with E-state index in [0.29, 0.717) is 30.8 Å². The number of aryl methyl sites for hydroxylation is 1. The predicted molar refractivity (Wildman–Crippen MR) is 275 cm³/mol. The Morgan fingerprint density at radius 2 is 1.64 bits per heavy atom. The minimum absolute atomic E-state index is 0.0166. The van der Waals surface area contributed by atoms with Crippen molar-refractivity contribution in [3.05, 3.63) is 89.0 Å². The lowest BCUT2D eigenvalue weighted by atomic mass is 9.44. The molecule has 1 unspecified atom stereocenters. The lowest BCUT2D eigenvalue weighted by Gasteiger charge is -2.63. The number of alkyl halides is 2. The summed E-state index contributed by atoms with van der Waals surface area (Å²) in [7, 11) is -4.98. The van der Waals surface area contributed by atoms with E-state index in [-0.39, 0.29) is 61.3 Å². The van der Waals surface area contributed by atoms with E-state index >= 15 is 8.78 Å². The molecule has 7 rings (SSSR count). The molecule has 0 spiro atoms. The number of aliphatic hydroxyl groups excluding tert-OH is 2. The molecular weight excluding hydrogens is 994 g/mol. The van der Waals surface area contributed by atoms with Crippen LogP contribution in [0.5, 0.6) is 5.75 Å². The number of rotatable bonds is 27. The molecule has 75 heavy (non-hydrogen) atoms. The number of phosphoric ester groups is 1. The largest absolute Gasteiger partial charge is 0.524 e. The van der Waals surface area contributed by atoms with Crippen LogP contribution in [0.25, 0.3) is 0 Å². The Labute approximate surface area is 440 Å². The lowest BCUT2D eigenvalue weighted by Crippen LogP contribution is -2.71. The summed E-state index contributed by atoms with van der Waals surface area (Å²) in [6.07, 6.45) is 3.93. The summed E-state index contributed by atoms with van der Waals surface area (Å²) in [6, 6.07) is 15.1. The number of aliphatic hydroxyl groups is 2. The van der Waals surface area contributed by atoms with E-state index in [1.807, 2.05) is 19.9 Å². The second kappa shape index (κ2) is 24.0. The number of Topliss-reactive ketones (excluding diaryl/α,β-unsaturated/α-hetero) is 1. The number of ether oxygens (including phenoxy) is 5. The number of hydrogen-bond acceptors (Lipinski definition) is 13. The second-order valence-electron chi connectivity index (χ2n) is 22.2. The van der Waals surface area contributed by atoms with E-state index in [1.54, 1.807) is 32.9 Å². The van der Waals surface area contributed by atoms with Gasteiger partial charge in [-0.2, -0.15) is 0 Å². The highest BCUT2D eigenvalue weighted by Gasteiger charge is 2.80. The molecule has 1 heterocycles. The minimum atomic E-state index is -4.98. The van der Waals surface area contributed by atoms with Gasteiger partial charge in [0.15, 0.2) is 29.4 Å². The fourth-order valence-electron chi connectivity index (χ4n) is 13.2. The summed E-state index contributed by atoms with van der Waals surface area (Å²) < 4.78 is 81.1. The maximum atomic E-state index is 17.9. The molecule has 1 saturated heterocycles. The van der Waals surface area contributed by atoms with E-state index in [0.717, 1.165) is 64.2 Å². The van der Waals surface area contributed by atoms with Crippen molar-refractivity contribution in [3.8, 4) is 5.75 Å². The molecule has 19 heteroatoms. The summed E-state index contributed by atoms with van der Waals surface area (Å²) in [5.74, 6) is -4.29.